The third-order valence-electron chi connectivity index (χ3n) is 6.74. The van der Waals surface area contributed by atoms with E-state index in [1.54, 1.807) is 13.2 Å². The summed E-state index contributed by atoms with van der Waals surface area (Å²) >= 11 is 0. The Labute approximate surface area is 213 Å². The van der Waals surface area contributed by atoms with Crippen LogP contribution >= 0.6 is 0 Å². The summed E-state index contributed by atoms with van der Waals surface area (Å²) in [6.07, 6.45) is 3.92. The van der Waals surface area contributed by atoms with E-state index in [2.05, 4.69) is 27.4 Å². The number of rotatable bonds is 11. The lowest BCUT2D eigenvalue weighted by molar-refractivity contribution is 0.0832. The van der Waals surface area contributed by atoms with Crippen molar-refractivity contribution in [2.24, 2.45) is 5.92 Å². The third-order valence-corrected chi connectivity index (χ3v) is 6.74. The third kappa shape index (κ3) is 7.54. The van der Waals surface area contributed by atoms with Crippen molar-refractivity contribution >= 4 is 11.6 Å². The van der Waals surface area contributed by atoms with Crippen molar-refractivity contribution in [3.63, 3.8) is 0 Å². The summed E-state index contributed by atoms with van der Waals surface area (Å²) in [5, 5.41) is 17.1. The smallest absolute Gasteiger partial charge is 0.251 e. The first-order valence-corrected chi connectivity index (χ1v) is 12.8. The molecule has 192 valence electrons. The van der Waals surface area contributed by atoms with Gasteiger partial charge in [-0.05, 0) is 55.9 Å². The maximum atomic E-state index is 14.6. The van der Waals surface area contributed by atoms with Gasteiger partial charge in [0.15, 0.2) is 0 Å². The Hall–Kier alpha value is -2.92. The number of amides is 1. The first-order valence-electron chi connectivity index (χ1n) is 12.8. The standard InChI is InChI=1S/C29H36FN3O3/c1-36-20-25-10-6-14-33(25)26-17-23(16-24(30)18-26)29(35)32-27(15-22-7-3-2-4-8-22)28(34)19-31-13-5-9-21-11-12-21/h2-4,7-8,16-18,21,25,27-28,31,34H,6,10-15,19-20H2,1H3,(H,32,35). The van der Waals surface area contributed by atoms with Crippen molar-refractivity contribution in [2.75, 3.05) is 38.3 Å². The number of carbonyl (C=O) groups excluding carboxylic acids is 1. The second-order valence-corrected chi connectivity index (χ2v) is 9.71. The Kier molecular flexibility index (Phi) is 9.35. The molecule has 1 saturated carbocycles. The van der Waals surface area contributed by atoms with Gasteiger partial charge in [-0.25, -0.2) is 4.39 Å². The number of benzene rings is 2. The van der Waals surface area contributed by atoms with Crippen LogP contribution in [0.5, 0.6) is 0 Å². The van der Waals surface area contributed by atoms with Crippen LogP contribution < -0.4 is 15.5 Å². The van der Waals surface area contributed by atoms with Crippen molar-refractivity contribution in [3.8, 4) is 11.8 Å². The lowest BCUT2D eigenvalue weighted by Crippen LogP contribution is -2.48. The van der Waals surface area contributed by atoms with E-state index < -0.39 is 23.9 Å². The molecule has 4 rings (SSSR count). The van der Waals surface area contributed by atoms with E-state index in [4.69, 9.17) is 4.74 Å². The van der Waals surface area contributed by atoms with Gasteiger partial charge in [-0.15, -0.1) is 0 Å². The summed E-state index contributed by atoms with van der Waals surface area (Å²) < 4.78 is 19.9. The van der Waals surface area contributed by atoms with Gasteiger partial charge in [0.05, 0.1) is 31.3 Å². The molecule has 1 heterocycles. The predicted octanol–water partition coefficient (Wildman–Crippen LogP) is 3.15. The molecule has 3 N–H and O–H groups in total. The van der Waals surface area contributed by atoms with Crippen LogP contribution in [0, 0.1) is 23.6 Å². The van der Waals surface area contributed by atoms with Gasteiger partial charge in [-0.1, -0.05) is 42.2 Å². The van der Waals surface area contributed by atoms with E-state index >= 15 is 0 Å². The average molecular weight is 494 g/mol. The molecule has 1 saturated heterocycles. The van der Waals surface area contributed by atoms with Crippen molar-refractivity contribution in [1.29, 1.82) is 0 Å². The summed E-state index contributed by atoms with van der Waals surface area (Å²) in [5.41, 5.74) is 1.91. The van der Waals surface area contributed by atoms with E-state index in [9.17, 15) is 14.3 Å². The fourth-order valence-electron chi connectivity index (χ4n) is 4.66. The molecule has 2 fully saturated rings. The van der Waals surface area contributed by atoms with Crippen LogP contribution in [0.4, 0.5) is 10.1 Å². The van der Waals surface area contributed by atoms with Crippen molar-refractivity contribution in [1.82, 2.24) is 10.6 Å². The molecule has 1 amide bonds. The van der Waals surface area contributed by atoms with Gasteiger partial charge < -0.3 is 25.4 Å². The second kappa shape index (κ2) is 12.9. The minimum absolute atomic E-state index is 0.162. The average Bonchev–Trinajstić information content (AvgIpc) is 3.59. The number of anilines is 1. The van der Waals surface area contributed by atoms with E-state index in [1.165, 1.54) is 25.0 Å². The maximum absolute atomic E-state index is 14.6. The number of methoxy groups -OCH3 is 1. The van der Waals surface area contributed by atoms with Gasteiger partial charge in [0.2, 0.25) is 0 Å². The summed E-state index contributed by atoms with van der Waals surface area (Å²) in [6.45, 7) is 2.13. The SMILES string of the molecule is COCC1CCCN1c1cc(F)cc(C(=O)NC(Cc2ccccc2)C(O)CNCC#CC2CC2)c1. The highest BCUT2D eigenvalue weighted by atomic mass is 19.1. The van der Waals surface area contributed by atoms with Crippen molar-refractivity contribution < 1.29 is 19.0 Å². The van der Waals surface area contributed by atoms with Crippen molar-refractivity contribution in [2.45, 2.75) is 50.3 Å². The Bertz CT molecular complexity index is 1060. The highest BCUT2D eigenvalue weighted by Gasteiger charge is 2.27. The number of ether oxygens (including phenoxy) is 1. The molecule has 1 aliphatic carbocycles. The molecule has 0 radical (unpaired) electrons. The zero-order valence-electron chi connectivity index (χ0n) is 20.9. The molecular formula is C29H36FN3O3. The molecule has 3 atom stereocenters. The minimum Gasteiger partial charge on any atom is -0.390 e. The van der Waals surface area contributed by atoms with Crippen LogP contribution in [-0.2, 0) is 11.2 Å². The fraction of sp³-hybridized carbons (Fsp3) is 0.483. The minimum atomic E-state index is -0.838. The number of halogens is 1. The Morgan fingerprint density at radius 2 is 2.03 bits per heavy atom. The quantitative estimate of drug-likeness (QED) is 0.331. The van der Waals surface area contributed by atoms with Crippen LogP contribution in [0.3, 0.4) is 0 Å². The van der Waals surface area contributed by atoms with Gasteiger partial charge in [-0.3, -0.25) is 4.79 Å². The highest BCUT2D eigenvalue weighted by Crippen LogP contribution is 2.28. The number of nitrogens with zero attached hydrogens (tertiary/aromatic N) is 1. The van der Waals surface area contributed by atoms with Gasteiger partial charge in [0.25, 0.3) is 5.91 Å². The number of hydrogen-bond donors (Lipinski definition) is 3. The highest BCUT2D eigenvalue weighted by molar-refractivity contribution is 5.95. The molecule has 0 bridgehead atoms. The van der Waals surface area contributed by atoms with Crippen LogP contribution in [0.25, 0.3) is 0 Å². The molecule has 36 heavy (non-hydrogen) atoms. The Morgan fingerprint density at radius 3 is 2.78 bits per heavy atom. The molecule has 6 nitrogen and oxygen atoms in total. The summed E-state index contributed by atoms with van der Waals surface area (Å²) in [5.74, 6) is 5.94. The molecule has 2 aliphatic rings. The van der Waals surface area contributed by atoms with Gasteiger partial charge in [0, 0.05) is 37.4 Å². The first-order chi connectivity index (χ1) is 17.5. The van der Waals surface area contributed by atoms with Crippen LogP contribution in [0.1, 0.15) is 41.6 Å². The number of hydrogen-bond acceptors (Lipinski definition) is 5. The maximum Gasteiger partial charge on any atom is 0.251 e. The van der Waals surface area contributed by atoms with Crippen LogP contribution in [0.15, 0.2) is 48.5 Å². The van der Waals surface area contributed by atoms with Crippen molar-refractivity contribution in [3.05, 3.63) is 65.5 Å². The Morgan fingerprint density at radius 1 is 1.22 bits per heavy atom. The lowest BCUT2D eigenvalue weighted by atomic mass is 10.00. The van der Waals surface area contributed by atoms with Gasteiger partial charge in [-0.2, -0.15) is 0 Å². The van der Waals surface area contributed by atoms with Gasteiger partial charge in [0.1, 0.15) is 5.82 Å². The van der Waals surface area contributed by atoms with Crippen LogP contribution in [-0.4, -0.2) is 62.6 Å². The number of aliphatic hydroxyl groups is 1. The number of nitrogens with one attached hydrogen (secondary N) is 2. The van der Waals surface area contributed by atoms with Crippen LogP contribution in [0.2, 0.25) is 0 Å². The molecule has 1 aliphatic heterocycles. The molecule has 2 aromatic rings. The largest absolute Gasteiger partial charge is 0.390 e. The van der Waals surface area contributed by atoms with Gasteiger partial charge >= 0.3 is 0 Å². The van der Waals surface area contributed by atoms with E-state index in [0.29, 0.717) is 31.2 Å². The van der Waals surface area contributed by atoms with E-state index in [1.807, 2.05) is 30.3 Å². The zero-order chi connectivity index (χ0) is 25.3. The summed E-state index contributed by atoms with van der Waals surface area (Å²) in [6, 6.07) is 13.8. The monoisotopic (exact) mass is 493 g/mol. The Balaban J connectivity index is 1.45. The fourth-order valence-corrected chi connectivity index (χ4v) is 4.66. The molecule has 0 aromatic heterocycles. The molecule has 3 unspecified atom stereocenters. The lowest BCUT2D eigenvalue weighted by Gasteiger charge is -2.27. The normalized spacial score (nSPS) is 18.9. The van der Waals surface area contributed by atoms with E-state index in [-0.39, 0.29) is 18.2 Å². The molecule has 0 spiro atoms. The van der Waals surface area contributed by atoms with E-state index in [0.717, 1.165) is 24.9 Å². The number of carbonyl (C=O) groups is 1. The first kappa shape index (κ1) is 26.2. The molecule has 7 heteroatoms. The molecule has 2 aromatic carbocycles. The number of aliphatic hydroxyl groups excluding tert-OH is 1. The summed E-state index contributed by atoms with van der Waals surface area (Å²) in [4.78, 5) is 15.4. The predicted molar refractivity (Wildman–Crippen MR) is 139 cm³/mol. The topological polar surface area (TPSA) is 73.8 Å². The second-order valence-electron chi connectivity index (χ2n) is 9.71. The zero-order valence-corrected chi connectivity index (χ0v) is 20.9. The summed E-state index contributed by atoms with van der Waals surface area (Å²) in [7, 11) is 1.66. The molecular weight excluding hydrogens is 457 g/mol.